The predicted octanol–water partition coefficient (Wildman–Crippen LogP) is 4.11. The minimum atomic E-state index is -4.02. The summed E-state index contributed by atoms with van der Waals surface area (Å²) >= 11 is 0. The molecule has 4 rings (SSSR count). The number of nitrogens with zero attached hydrogens (tertiary/aromatic N) is 1. The Balaban J connectivity index is 1.67. The molecule has 1 aliphatic rings. The van der Waals surface area contributed by atoms with Crippen LogP contribution in [0.2, 0.25) is 0 Å². The minimum absolute atomic E-state index is 0.0347. The highest BCUT2D eigenvalue weighted by molar-refractivity contribution is 7.87. The zero-order valence-corrected chi connectivity index (χ0v) is 16.8. The summed E-state index contributed by atoms with van der Waals surface area (Å²) in [4.78, 5) is 16.6. The number of hydrogen-bond acceptors (Lipinski definition) is 6. The molecule has 0 unspecified atom stereocenters. The Morgan fingerprint density at radius 1 is 0.933 bits per heavy atom. The molecule has 150 valence electrons. The maximum absolute atomic E-state index is 12.6. The van der Waals surface area contributed by atoms with Crippen molar-refractivity contribution in [1.29, 1.82) is 0 Å². The number of aryl methyl sites for hydroxylation is 1. The molecule has 30 heavy (non-hydrogen) atoms. The SMILES string of the molecule is Cc1cccc(C2=N/C(=C\c3ccccc3OS(=O)(=O)c3ccccc3)C(=O)O2)c1. The van der Waals surface area contributed by atoms with Crippen LogP contribution in [0.1, 0.15) is 16.7 Å². The van der Waals surface area contributed by atoms with E-state index in [1.54, 1.807) is 42.5 Å². The number of rotatable bonds is 5. The number of carbonyl (C=O) groups excluding carboxylic acids is 1. The molecule has 0 amide bonds. The van der Waals surface area contributed by atoms with Crippen LogP contribution in [-0.4, -0.2) is 20.3 Å². The lowest BCUT2D eigenvalue weighted by atomic mass is 10.1. The van der Waals surface area contributed by atoms with E-state index in [0.717, 1.165) is 5.56 Å². The van der Waals surface area contributed by atoms with Crippen LogP contribution in [0, 0.1) is 6.92 Å². The fraction of sp³-hybridized carbons (Fsp3) is 0.0435. The highest BCUT2D eigenvalue weighted by atomic mass is 32.2. The monoisotopic (exact) mass is 419 g/mol. The molecule has 0 aliphatic carbocycles. The van der Waals surface area contributed by atoms with Crippen molar-refractivity contribution in [2.75, 3.05) is 0 Å². The highest BCUT2D eigenvalue weighted by Crippen LogP contribution is 2.27. The van der Waals surface area contributed by atoms with E-state index in [-0.39, 0.29) is 22.2 Å². The molecular weight excluding hydrogens is 402 g/mol. The van der Waals surface area contributed by atoms with Gasteiger partial charge in [-0.25, -0.2) is 9.79 Å². The number of para-hydroxylation sites is 1. The van der Waals surface area contributed by atoms with Crippen LogP contribution in [0.5, 0.6) is 5.75 Å². The molecule has 0 N–H and O–H groups in total. The fourth-order valence-electron chi connectivity index (χ4n) is 2.89. The average molecular weight is 419 g/mol. The van der Waals surface area contributed by atoms with Gasteiger partial charge in [0.25, 0.3) is 0 Å². The second-order valence-electron chi connectivity index (χ2n) is 6.59. The standard InChI is InChI=1S/C23H17NO5S/c1-16-8-7-10-18(14-16)22-24-20(23(25)28-22)15-17-9-5-6-13-21(17)29-30(26,27)19-11-3-2-4-12-19/h2-15H,1H3/b20-15-. The Labute approximate surface area is 174 Å². The number of aliphatic imine (C=N–C) groups is 1. The Morgan fingerprint density at radius 2 is 1.67 bits per heavy atom. The van der Waals surface area contributed by atoms with Gasteiger partial charge < -0.3 is 8.92 Å². The highest BCUT2D eigenvalue weighted by Gasteiger charge is 2.25. The summed E-state index contributed by atoms with van der Waals surface area (Å²) in [6, 6.07) is 21.8. The average Bonchev–Trinajstić information content (AvgIpc) is 3.10. The summed E-state index contributed by atoms with van der Waals surface area (Å²) in [6.45, 7) is 1.93. The van der Waals surface area contributed by atoms with Gasteiger partial charge in [-0.1, -0.05) is 54.1 Å². The largest absolute Gasteiger partial charge is 0.402 e. The maximum Gasteiger partial charge on any atom is 0.363 e. The molecule has 0 aromatic heterocycles. The Morgan fingerprint density at radius 3 is 2.43 bits per heavy atom. The van der Waals surface area contributed by atoms with Gasteiger partial charge in [0.1, 0.15) is 10.6 Å². The van der Waals surface area contributed by atoms with Crippen LogP contribution in [0.25, 0.3) is 6.08 Å². The summed E-state index contributed by atoms with van der Waals surface area (Å²) in [7, 11) is -4.02. The summed E-state index contributed by atoms with van der Waals surface area (Å²) in [5, 5.41) is 0. The molecule has 3 aromatic rings. The Kier molecular flexibility index (Phi) is 5.20. The molecule has 0 atom stereocenters. The third kappa shape index (κ3) is 4.16. The smallest absolute Gasteiger partial charge is 0.363 e. The first-order valence-electron chi connectivity index (χ1n) is 9.10. The summed E-state index contributed by atoms with van der Waals surface area (Å²) in [5.74, 6) is -0.335. The topological polar surface area (TPSA) is 82.0 Å². The van der Waals surface area contributed by atoms with E-state index in [9.17, 15) is 13.2 Å². The number of carbonyl (C=O) groups is 1. The molecule has 3 aromatic carbocycles. The minimum Gasteiger partial charge on any atom is -0.402 e. The number of cyclic esters (lactones) is 1. The van der Waals surface area contributed by atoms with Crippen LogP contribution in [0.15, 0.2) is 94.4 Å². The van der Waals surface area contributed by atoms with Crippen molar-refractivity contribution in [2.24, 2.45) is 4.99 Å². The molecular formula is C23H17NO5S. The summed E-state index contributed by atoms with van der Waals surface area (Å²) in [5.41, 5.74) is 2.13. The molecule has 6 nitrogen and oxygen atoms in total. The molecule has 0 bridgehead atoms. The maximum atomic E-state index is 12.6. The van der Waals surface area contributed by atoms with E-state index >= 15 is 0 Å². The van der Waals surface area contributed by atoms with Crippen molar-refractivity contribution in [1.82, 2.24) is 0 Å². The van der Waals surface area contributed by atoms with Gasteiger partial charge in [-0.2, -0.15) is 8.42 Å². The first kappa shape index (κ1) is 19.6. The van der Waals surface area contributed by atoms with Crippen LogP contribution < -0.4 is 4.18 Å². The van der Waals surface area contributed by atoms with Crippen LogP contribution in [0.4, 0.5) is 0 Å². The van der Waals surface area contributed by atoms with Gasteiger partial charge in [0.05, 0.1) is 0 Å². The summed E-state index contributed by atoms with van der Waals surface area (Å²) < 4.78 is 35.7. The van der Waals surface area contributed by atoms with Crippen molar-refractivity contribution >= 4 is 28.1 Å². The molecule has 0 radical (unpaired) electrons. The van der Waals surface area contributed by atoms with Gasteiger partial charge in [0, 0.05) is 11.1 Å². The van der Waals surface area contributed by atoms with Gasteiger partial charge in [0.2, 0.25) is 5.90 Å². The number of benzene rings is 3. The van der Waals surface area contributed by atoms with E-state index < -0.39 is 16.1 Å². The zero-order chi connectivity index (χ0) is 21.1. The molecule has 1 aliphatic heterocycles. The molecule has 7 heteroatoms. The third-order valence-corrected chi connectivity index (χ3v) is 5.58. The van der Waals surface area contributed by atoms with Gasteiger partial charge in [-0.05, 0) is 43.3 Å². The molecule has 0 fully saturated rings. The normalized spacial score (nSPS) is 15.0. The van der Waals surface area contributed by atoms with Gasteiger partial charge in [-0.15, -0.1) is 0 Å². The second-order valence-corrected chi connectivity index (χ2v) is 8.14. The van der Waals surface area contributed by atoms with Gasteiger partial charge >= 0.3 is 16.1 Å². The fourth-order valence-corrected chi connectivity index (χ4v) is 3.86. The molecule has 0 saturated carbocycles. The van der Waals surface area contributed by atoms with Gasteiger partial charge in [-0.3, -0.25) is 0 Å². The first-order chi connectivity index (χ1) is 14.4. The second kappa shape index (κ2) is 7.96. The zero-order valence-electron chi connectivity index (χ0n) is 16.0. The van der Waals surface area contributed by atoms with E-state index in [1.165, 1.54) is 24.3 Å². The van der Waals surface area contributed by atoms with Crippen molar-refractivity contribution in [3.63, 3.8) is 0 Å². The van der Waals surface area contributed by atoms with Crippen LogP contribution in [-0.2, 0) is 19.6 Å². The number of ether oxygens (including phenoxy) is 1. The lowest BCUT2D eigenvalue weighted by molar-refractivity contribution is -0.129. The lowest BCUT2D eigenvalue weighted by Gasteiger charge is -2.09. The number of hydrogen-bond donors (Lipinski definition) is 0. The molecule has 0 saturated heterocycles. The molecule has 1 heterocycles. The van der Waals surface area contributed by atoms with Gasteiger partial charge in [0.15, 0.2) is 5.70 Å². The summed E-state index contributed by atoms with van der Waals surface area (Å²) in [6.07, 6.45) is 1.45. The lowest BCUT2D eigenvalue weighted by Crippen LogP contribution is -2.10. The van der Waals surface area contributed by atoms with Crippen molar-refractivity contribution in [2.45, 2.75) is 11.8 Å². The molecule has 0 spiro atoms. The Bertz CT molecular complexity index is 1280. The van der Waals surface area contributed by atoms with E-state index in [4.69, 9.17) is 8.92 Å². The van der Waals surface area contributed by atoms with Crippen LogP contribution >= 0.6 is 0 Å². The number of esters is 1. The van der Waals surface area contributed by atoms with E-state index in [2.05, 4.69) is 4.99 Å². The van der Waals surface area contributed by atoms with Crippen LogP contribution in [0.3, 0.4) is 0 Å². The quantitative estimate of drug-likeness (QED) is 0.353. The van der Waals surface area contributed by atoms with Crippen molar-refractivity contribution in [3.05, 3.63) is 101 Å². The van der Waals surface area contributed by atoms with E-state index in [1.807, 2.05) is 25.1 Å². The van der Waals surface area contributed by atoms with E-state index in [0.29, 0.717) is 11.1 Å². The third-order valence-electron chi connectivity index (χ3n) is 4.33. The first-order valence-corrected chi connectivity index (χ1v) is 10.5. The Hall–Kier alpha value is -3.71. The van der Waals surface area contributed by atoms with Crippen molar-refractivity contribution in [3.8, 4) is 5.75 Å². The predicted molar refractivity (Wildman–Crippen MR) is 112 cm³/mol. The van der Waals surface area contributed by atoms with Crippen molar-refractivity contribution < 1.29 is 22.1 Å².